The molecule has 3 aromatic rings. The maximum Gasteiger partial charge on any atom is 0.253 e. The van der Waals surface area contributed by atoms with Crippen molar-refractivity contribution in [2.45, 2.75) is 51.7 Å². The van der Waals surface area contributed by atoms with Gasteiger partial charge in [-0.3, -0.25) is 4.79 Å². The molecule has 2 N–H and O–H groups in total. The molecule has 4 nitrogen and oxygen atoms in total. The minimum absolute atomic E-state index is 0.0272. The average molecular weight is 406 g/mol. The third kappa shape index (κ3) is 4.51. The zero-order valence-corrected chi connectivity index (χ0v) is 17.6. The van der Waals surface area contributed by atoms with E-state index in [9.17, 15) is 4.79 Å². The molecule has 150 valence electrons. The molecule has 5 heteroatoms. The molecule has 1 saturated carbocycles. The van der Waals surface area contributed by atoms with Crippen LogP contribution in [0.4, 0.5) is 0 Å². The summed E-state index contributed by atoms with van der Waals surface area (Å²) >= 11 is 5.77. The molecule has 1 fully saturated rings. The Morgan fingerprint density at radius 2 is 1.90 bits per heavy atom. The summed E-state index contributed by atoms with van der Waals surface area (Å²) in [6, 6.07) is 18.8. The monoisotopic (exact) mass is 405 g/mol. The van der Waals surface area contributed by atoms with Crippen LogP contribution in [0.5, 0.6) is 0 Å². The van der Waals surface area contributed by atoms with E-state index in [1.54, 1.807) is 0 Å². The van der Waals surface area contributed by atoms with Crippen LogP contribution in [0.2, 0.25) is 0 Å². The van der Waals surface area contributed by atoms with Crippen molar-refractivity contribution in [1.29, 1.82) is 0 Å². The predicted molar refractivity (Wildman–Crippen MR) is 123 cm³/mol. The van der Waals surface area contributed by atoms with E-state index in [0.717, 1.165) is 40.0 Å². The van der Waals surface area contributed by atoms with E-state index in [2.05, 4.69) is 27.3 Å². The number of nitrogens with zero attached hydrogens (tertiary/aromatic N) is 1. The van der Waals surface area contributed by atoms with Crippen LogP contribution >= 0.6 is 12.2 Å². The van der Waals surface area contributed by atoms with Crippen LogP contribution in [0.15, 0.2) is 59.4 Å². The summed E-state index contributed by atoms with van der Waals surface area (Å²) in [7, 11) is 0. The Labute approximate surface area is 176 Å². The third-order valence-electron chi connectivity index (χ3n) is 5.82. The van der Waals surface area contributed by atoms with Gasteiger partial charge in [-0.15, -0.1) is 0 Å². The van der Waals surface area contributed by atoms with Crippen molar-refractivity contribution in [1.82, 2.24) is 15.2 Å². The number of fused-ring (bicyclic) bond motifs is 1. The van der Waals surface area contributed by atoms with Crippen molar-refractivity contribution in [3.05, 3.63) is 81.6 Å². The van der Waals surface area contributed by atoms with Gasteiger partial charge in [-0.1, -0.05) is 61.4 Å². The topological polar surface area (TPSA) is 48.1 Å². The van der Waals surface area contributed by atoms with Gasteiger partial charge in [-0.05, 0) is 54.6 Å². The van der Waals surface area contributed by atoms with E-state index in [0.29, 0.717) is 19.1 Å². The molecule has 0 atom stereocenters. The summed E-state index contributed by atoms with van der Waals surface area (Å²) in [6.45, 7) is 3.24. The summed E-state index contributed by atoms with van der Waals surface area (Å²) in [5.74, 6) is 0. The van der Waals surface area contributed by atoms with Crippen molar-refractivity contribution in [2.75, 3.05) is 0 Å². The highest BCUT2D eigenvalue weighted by atomic mass is 32.1. The molecule has 0 bridgehead atoms. The molecule has 4 rings (SSSR count). The number of para-hydroxylation sites is 1. The lowest BCUT2D eigenvalue weighted by atomic mass is 10.1. The second-order valence-corrected chi connectivity index (χ2v) is 8.26. The number of aromatic nitrogens is 1. The van der Waals surface area contributed by atoms with E-state index >= 15 is 0 Å². The van der Waals surface area contributed by atoms with Crippen molar-refractivity contribution in [2.24, 2.45) is 0 Å². The lowest BCUT2D eigenvalue weighted by Gasteiger charge is -2.31. The normalized spacial score (nSPS) is 14.2. The lowest BCUT2D eigenvalue weighted by molar-refractivity contribution is 0.302. The third-order valence-corrected chi connectivity index (χ3v) is 6.20. The van der Waals surface area contributed by atoms with Crippen LogP contribution < -0.4 is 10.9 Å². The molecule has 0 radical (unpaired) electrons. The fourth-order valence-electron chi connectivity index (χ4n) is 4.19. The van der Waals surface area contributed by atoms with Crippen LogP contribution in [0.25, 0.3) is 10.9 Å². The zero-order valence-electron chi connectivity index (χ0n) is 16.8. The van der Waals surface area contributed by atoms with E-state index in [4.69, 9.17) is 12.2 Å². The van der Waals surface area contributed by atoms with E-state index < -0.39 is 0 Å². The van der Waals surface area contributed by atoms with Crippen LogP contribution in [0.1, 0.15) is 42.4 Å². The molecule has 1 aliphatic rings. The molecule has 0 saturated heterocycles. The van der Waals surface area contributed by atoms with E-state index in [1.807, 2.05) is 49.4 Å². The SMILES string of the molecule is Cc1cccc2cc(CN(C(=S)NCc3ccccc3)C3CCCC3)c(=O)[nH]c12. The second-order valence-electron chi connectivity index (χ2n) is 7.87. The summed E-state index contributed by atoms with van der Waals surface area (Å²) < 4.78 is 0. The number of benzene rings is 2. The fraction of sp³-hybridized carbons (Fsp3) is 0.333. The number of nitrogens with one attached hydrogen (secondary N) is 2. The quantitative estimate of drug-likeness (QED) is 0.607. The smallest absolute Gasteiger partial charge is 0.253 e. The second kappa shape index (κ2) is 8.78. The Hall–Kier alpha value is -2.66. The van der Waals surface area contributed by atoms with Crippen LogP contribution in [-0.4, -0.2) is 21.0 Å². The number of hydrogen-bond acceptors (Lipinski definition) is 2. The zero-order chi connectivity index (χ0) is 20.2. The molecule has 29 heavy (non-hydrogen) atoms. The number of aryl methyl sites for hydroxylation is 1. The minimum atomic E-state index is -0.0272. The first-order valence-electron chi connectivity index (χ1n) is 10.3. The number of hydrogen-bond donors (Lipinski definition) is 2. The lowest BCUT2D eigenvalue weighted by Crippen LogP contribution is -2.45. The van der Waals surface area contributed by atoms with Gasteiger partial charge in [0.25, 0.3) is 5.56 Å². The molecule has 2 aromatic carbocycles. The summed E-state index contributed by atoms with van der Waals surface area (Å²) in [4.78, 5) is 18.1. The molecule has 0 unspecified atom stereocenters. The molecule has 0 aliphatic heterocycles. The Bertz CT molecular complexity index is 1050. The Balaban J connectivity index is 1.57. The van der Waals surface area contributed by atoms with Crippen molar-refractivity contribution >= 4 is 28.2 Å². The largest absolute Gasteiger partial charge is 0.358 e. The summed E-state index contributed by atoms with van der Waals surface area (Å²) in [6.07, 6.45) is 4.68. The molecule has 1 aromatic heterocycles. The van der Waals surface area contributed by atoms with Gasteiger partial charge in [-0.2, -0.15) is 0 Å². The summed E-state index contributed by atoms with van der Waals surface area (Å²) in [5, 5.41) is 5.20. The Kier molecular flexibility index (Phi) is 5.95. The van der Waals surface area contributed by atoms with E-state index in [-0.39, 0.29) is 5.56 Å². The van der Waals surface area contributed by atoms with Crippen LogP contribution in [0.3, 0.4) is 0 Å². The first-order valence-corrected chi connectivity index (χ1v) is 10.7. The highest BCUT2D eigenvalue weighted by Crippen LogP contribution is 2.25. The van der Waals surface area contributed by atoms with Crippen molar-refractivity contribution < 1.29 is 0 Å². The first-order chi connectivity index (χ1) is 14.1. The number of pyridine rings is 1. The molecule has 0 spiro atoms. The maximum absolute atomic E-state index is 12.8. The molecule has 1 heterocycles. The highest BCUT2D eigenvalue weighted by molar-refractivity contribution is 7.80. The average Bonchev–Trinajstić information content (AvgIpc) is 3.26. The van der Waals surface area contributed by atoms with Crippen LogP contribution in [-0.2, 0) is 13.1 Å². The van der Waals surface area contributed by atoms with Gasteiger partial charge >= 0.3 is 0 Å². The maximum atomic E-state index is 12.8. The predicted octanol–water partition coefficient (Wildman–Crippen LogP) is 4.66. The fourth-order valence-corrected chi connectivity index (χ4v) is 4.47. The number of rotatable bonds is 5. The van der Waals surface area contributed by atoms with Gasteiger partial charge in [-0.25, -0.2) is 0 Å². The molecule has 1 aliphatic carbocycles. The highest BCUT2D eigenvalue weighted by Gasteiger charge is 2.25. The Morgan fingerprint density at radius 1 is 1.14 bits per heavy atom. The van der Waals surface area contributed by atoms with Gasteiger partial charge in [0.15, 0.2) is 5.11 Å². The summed E-state index contributed by atoms with van der Waals surface area (Å²) in [5.41, 5.74) is 3.93. The van der Waals surface area contributed by atoms with Gasteiger partial charge in [0.05, 0.1) is 12.1 Å². The Morgan fingerprint density at radius 3 is 2.66 bits per heavy atom. The standard InChI is InChI=1S/C24H27N3OS/c1-17-8-7-11-19-14-20(23(28)26-22(17)19)16-27(21-12-5-6-13-21)24(29)25-15-18-9-3-2-4-10-18/h2-4,7-11,14,21H,5-6,12-13,15-16H2,1H3,(H,25,29)(H,26,28). The molecular formula is C24H27N3OS. The van der Waals surface area contributed by atoms with Gasteiger partial charge in [0, 0.05) is 18.2 Å². The first kappa shape index (κ1) is 19.6. The van der Waals surface area contributed by atoms with Gasteiger partial charge < -0.3 is 15.2 Å². The van der Waals surface area contributed by atoms with Crippen molar-refractivity contribution in [3.8, 4) is 0 Å². The number of aromatic amines is 1. The molecular weight excluding hydrogens is 378 g/mol. The van der Waals surface area contributed by atoms with Crippen LogP contribution in [0, 0.1) is 6.92 Å². The van der Waals surface area contributed by atoms with Gasteiger partial charge in [0.1, 0.15) is 0 Å². The van der Waals surface area contributed by atoms with E-state index in [1.165, 1.54) is 18.4 Å². The number of H-pyrrole nitrogens is 1. The molecule has 0 amide bonds. The van der Waals surface area contributed by atoms with Gasteiger partial charge in [0.2, 0.25) is 0 Å². The minimum Gasteiger partial charge on any atom is -0.358 e. The number of thiocarbonyl (C=S) groups is 1. The van der Waals surface area contributed by atoms with Crippen molar-refractivity contribution in [3.63, 3.8) is 0 Å².